The first-order valence-electron chi connectivity index (χ1n) is 6.72. The molecule has 0 heterocycles. The molecular weight excluding hydrogens is 256 g/mol. The number of carbonyl (C=O) groups is 1. The van der Waals surface area contributed by atoms with Gasteiger partial charge in [0.2, 0.25) is 5.91 Å². The average Bonchev–Trinajstić information content (AvgIpc) is 2.43. The molecule has 0 aliphatic carbocycles. The zero-order valence-corrected chi connectivity index (χ0v) is 12.6. The van der Waals surface area contributed by atoms with Crippen molar-refractivity contribution in [1.29, 1.82) is 0 Å². The fourth-order valence-electron chi connectivity index (χ4n) is 1.83. The molecule has 0 aliphatic rings. The summed E-state index contributed by atoms with van der Waals surface area (Å²) in [5.74, 6) is 0.891. The molecule has 106 valence electrons. The second-order valence-corrected chi connectivity index (χ2v) is 5.81. The van der Waals surface area contributed by atoms with Gasteiger partial charge in [-0.05, 0) is 43.8 Å². The van der Waals surface area contributed by atoms with Crippen molar-refractivity contribution < 1.29 is 4.79 Å². The van der Waals surface area contributed by atoms with E-state index in [1.807, 2.05) is 31.4 Å². The third kappa shape index (κ3) is 6.64. The number of hydrogen-bond acceptors (Lipinski definition) is 3. The summed E-state index contributed by atoms with van der Waals surface area (Å²) in [5.41, 5.74) is 7.13. The zero-order chi connectivity index (χ0) is 14.1. The number of rotatable bonds is 8. The van der Waals surface area contributed by atoms with Gasteiger partial charge >= 0.3 is 0 Å². The Morgan fingerprint density at radius 1 is 1.32 bits per heavy atom. The molecule has 0 bridgehead atoms. The molecule has 3 N–H and O–H groups in total. The van der Waals surface area contributed by atoms with Gasteiger partial charge in [-0.15, -0.1) is 0 Å². The first kappa shape index (κ1) is 16.1. The standard InChI is InChI=1S/C15H24N2OS/c1-12(8-9-13-6-4-3-5-7-13)17-15(18)14(16)10-11-19-2/h3-7,12,14H,8-11,16H2,1-2H3,(H,17,18)/t12?,14-/m0/s1. The minimum atomic E-state index is -0.383. The van der Waals surface area contributed by atoms with Crippen LogP contribution in [0.4, 0.5) is 0 Å². The Bertz CT molecular complexity index is 370. The van der Waals surface area contributed by atoms with E-state index >= 15 is 0 Å². The lowest BCUT2D eigenvalue weighted by Crippen LogP contribution is -2.44. The number of hydrogen-bond donors (Lipinski definition) is 2. The van der Waals surface area contributed by atoms with Gasteiger partial charge in [-0.3, -0.25) is 4.79 Å². The predicted octanol–water partition coefficient (Wildman–Crippen LogP) is 2.20. The van der Waals surface area contributed by atoms with Crippen molar-refractivity contribution in [2.45, 2.75) is 38.3 Å². The maximum Gasteiger partial charge on any atom is 0.237 e. The van der Waals surface area contributed by atoms with Crippen LogP contribution in [0.25, 0.3) is 0 Å². The third-order valence-corrected chi connectivity index (χ3v) is 3.71. The molecule has 0 aromatic heterocycles. The molecule has 0 aliphatic heterocycles. The highest BCUT2D eigenvalue weighted by molar-refractivity contribution is 7.98. The zero-order valence-electron chi connectivity index (χ0n) is 11.8. The molecule has 1 aromatic carbocycles. The van der Waals surface area contributed by atoms with Crippen LogP contribution in [0.3, 0.4) is 0 Å². The van der Waals surface area contributed by atoms with Crippen LogP contribution in [-0.2, 0) is 11.2 Å². The number of aryl methyl sites for hydroxylation is 1. The number of nitrogens with one attached hydrogen (secondary N) is 1. The molecule has 19 heavy (non-hydrogen) atoms. The molecular formula is C15H24N2OS. The predicted molar refractivity (Wildman–Crippen MR) is 83.3 cm³/mol. The Morgan fingerprint density at radius 2 is 2.00 bits per heavy atom. The van der Waals surface area contributed by atoms with Gasteiger partial charge in [-0.25, -0.2) is 0 Å². The maximum atomic E-state index is 11.8. The van der Waals surface area contributed by atoms with Crippen molar-refractivity contribution in [2.24, 2.45) is 5.73 Å². The Morgan fingerprint density at radius 3 is 2.63 bits per heavy atom. The van der Waals surface area contributed by atoms with Crippen LogP contribution < -0.4 is 11.1 Å². The fraction of sp³-hybridized carbons (Fsp3) is 0.533. The smallest absolute Gasteiger partial charge is 0.237 e. The Balaban J connectivity index is 2.26. The highest BCUT2D eigenvalue weighted by Crippen LogP contribution is 2.05. The lowest BCUT2D eigenvalue weighted by atomic mass is 10.1. The van der Waals surface area contributed by atoms with Crippen molar-refractivity contribution in [2.75, 3.05) is 12.0 Å². The molecule has 0 fully saturated rings. The second kappa shape index (κ2) is 8.99. The Kier molecular flexibility index (Phi) is 7.60. The van der Waals surface area contributed by atoms with Gasteiger partial charge in [-0.1, -0.05) is 30.3 Å². The van der Waals surface area contributed by atoms with Crippen molar-refractivity contribution in [1.82, 2.24) is 5.32 Å². The van der Waals surface area contributed by atoms with E-state index in [1.54, 1.807) is 11.8 Å². The van der Waals surface area contributed by atoms with Gasteiger partial charge < -0.3 is 11.1 Å². The first-order valence-corrected chi connectivity index (χ1v) is 8.11. The van der Waals surface area contributed by atoms with Gasteiger partial charge in [0, 0.05) is 6.04 Å². The normalized spacial score (nSPS) is 13.8. The van der Waals surface area contributed by atoms with E-state index in [2.05, 4.69) is 17.4 Å². The van der Waals surface area contributed by atoms with E-state index in [4.69, 9.17) is 5.73 Å². The molecule has 0 radical (unpaired) electrons. The molecule has 1 aromatic rings. The highest BCUT2D eigenvalue weighted by atomic mass is 32.2. The van der Waals surface area contributed by atoms with Crippen molar-refractivity contribution in [3.05, 3.63) is 35.9 Å². The van der Waals surface area contributed by atoms with Crippen LogP contribution >= 0.6 is 11.8 Å². The first-order chi connectivity index (χ1) is 9.13. The number of benzene rings is 1. The van der Waals surface area contributed by atoms with Crippen LogP contribution in [0.1, 0.15) is 25.3 Å². The maximum absolute atomic E-state index is 11.8. The molecule has 1 unspecified atom stereocenters. The number of carbonyl (C=O) groups excluding carboxylic acids is 1. The van der Waals surface area contributed by atoms with E-state index in [0.717, 1.165) is 25.0 Å². The van der Waals surface area contributed by atoms with E-state index in [1.165, 1.54) is 5.56 Å². The van der Waals surface area contributed by atoms with Crippen LogP contribution in [-0.4, -0.2) is 30.0 Å². The summed E-state index contributed by atoms with van der Waals surface area (Å²) in [6.45, 7) is 2.03. The molecule has 0 saturated carbocycles. The Hall–Kier alpha value is -1.00. The fourth-order valence-corrected chi connectivity index (χ4v) is 2.32. The summed E-state index contributed by atoms with van der Waals surface area (Å²) in [7, 11) is 0. The lowest BCUT2D eigenvalue weighted by Gasteiger charge is -2.17. The quantitative estimate of drug-likeness (QED) is 0.767. The second-order valence-electron chi connectivity index (χ2n) is 4.82. The summed E-state index contributed by atoms with van der Waals surface area (Å²) in [6, 6.07) is 10.1. The SMILES string of the molecule is CSCC[C@H](N)C(=O)NC(C)CCc1ccccc1. The molecule has 1 rings (SSSR count). The van der Waals surface area contributed by atoms with E-state index in [-0.39, 0.29) is 18.0 Å². The van der Waals surface area contributed by atoms with Crippen molar-refractivity contribution in [3.8, 4) is 0 Å². The molecule has 3 nitrogen and oxygen atoms in total. The molecule has 2 atom stereocenters. The molecule has 1 amide bonds. The van der Waals surface area contributed by atoms with Gasteiger partial charge in [-0.2, -0.15) is 11.8 Å². The summed E-state index contributed by atoms with van der Waals surface area (Å²) >= 11 is 1.71. The number of nitrogens with two attached hydrogens (primary N) is 1. The summed E-state index contributed by atoms with van der Waals surface area (Å²) < 4.78 is 0. The molecule has 0 spiro atoms. The van der Waals surface area contributed by atoms with Crippen LogP contribution in [0.2, 0.25) is 0 Å². The average molecular weight is 280 g/mol. The largest absolute Gasteiger partial charge is 0.352 e. The highest BCUT2D eigenvalue weighted by Gasteiger charge is 2.15. The summed E-state index contributed by atoms with van der Waals surface area (Å²) in [5, 5.41) is 2.99. The monoisotopic (exact) mass is 280 g/mol. The van der Waals surface area contributed by atoms with Crippen molar-refractivity contribution >= 4 is 17.7 Å². The van der Waals surface area contributed by atoms with Crippen molar-refractivity contribution in [3.63, 3.8) is 0 Å². The van der Waals surface area contributed by atoms with Gasteiger partial charge in [0.25, 0.3) is 0 Å². The van der Waals surface area contributed by atoms with Gasteiger partial charge in [0.1, 0.15) is 0 Å². The van der Waals surface area contributed by atoms with Crippen LogP contribution in [0.15, 0.2) is 30.3 Å². The lowest BCUT2D eigenvalue weighted by molar-refractivity contribution is -0.123. The topological polar surface area (TPSA) is 55.1 Å². The van der Waals surface area contributed by atoms with E-state index < -0.39 is 0 Å². The molecule has 0 saturated heterocycles. The van der Waals surface area contributed by atoms with E-state index in [0.29, 0.717) is 0 Å². The minimum absolute atomic E-state index is 0.0328. The third-order valence-electron chi connectivity index (χ3n) is 3.07. The van der Waals surface area contributed by atoms with Gasteiger partial charge in [0.05, 0.1) is 6.04 Å². The van der Waals surface area contributed by atoms with Crippen LogP contribution in [0, 0.1) is 0 Å². The van der Waals surface area contributed by atoms with E-state index in [9.17, 15) is 4.79 Å². The van der Waals surface area contributed by atoms with Gasteiger partial charge in [0.15, 0.2) is 0 Å². The van der Waals surface area contributed by atoms with Crippen LogP contribution in [0.5, 0.6) is 0 Å². The Labute approximate surface area is 120 Å². The summed E-state index contributed by atoms with van der Waals surface area (Å²) in [6.07, 6.45) is 4.67. The molecule has 4 heteroatoms. The number of thioether (sulfide) groups is 1. The minimum Gasteiger partial charge on any atom is -0.352 e. The number of amides is 1. The summed E-state index contributed by atoms with van der Waals surface area (Å²) in [4.78, 5) is 11.8.